The zero-order chi connectivity index (χ0) is 25.7. The van der Waals surface area contributed by atoms with Gasteiger partial charge < -0.3 is 105 Å². The van der Waals surface area contributed by atoms with E-state index in [2.05, 4.69) is 34.5 Å². The summed E-state index contributed by atoms with van der Waals surface area (Å²) >= 11 is 0. The van der Waals surface area contributed by atoms with E-state index in [1.165, 1.54) is 0 Å². The maximum Gasteiger partial charge on any atom is 1.00 e. The largest absolute Gasteiger partial charge is 1.00 e. The molecule has 0 radical (unpaired) electrons. The van der Waals surface area contributed by atoms with Crippen molar-refractivity contribution in [2.24, 2.45) is 0 Å². The van der Waals surface area contributed by atoms with E-state index in [1.807, 2.05) is 0 Å². The molecule has 0 unspecified atom stereocenters. The minimum absolute atomic E-state index is 0. The van der Waals surface area contributed by atoms with Gasteiger partial charge in [0.25, 0.3) is 62.6 Å². The summed E-state index contributed by atoms with van der Waals surface area (Å²) in [4.78, 5) is 89.7. The molecule has 1 fully saturated rings. The quantitative estimate of drug-likeness (QED) is 0.109. The van der Waals surface area contributed by atoms with E-state index in [1.54, 1.807) is 0 Å². The Balaban J connectivity index is -0.0000000853. The van der Waals surface area contributed by atoms with Crippen LogP contribution in [0, 0.1) is 0 Å². The predicted molar refractivity (Wildman–Crippen MR) is 128 cm³/mol. The Hall–Kier alpha value is 0.760. The lowest BCUT2D eigenvalue weighted by molar-refractivity contribution is -0.259. The highest BCUT2D eigenvalue weighted by atomic mass is 31.3. The zero-order valence-electron chi connectivity index (χ0n) is 23.6. The molecule has 0 atom stereocenters. The second-order valence-corrected chi connectivity index (χ2v) is 16.6. The molecule has 1 rings (SSSR count). The van der Waals surface area contributed by atoms with Crippen LogP contribution in [0.3, 0.4) is 0 Å². The van der Waals surface area contributed by atoms with Gasteiger partial charge in [0, 0.05) is 0 Å². The first-order valence-corrected chi connectivity index (χ1v) is 17.5. The second kappa shape index (κ2) is 23.1. The van der Waals surface area contributed by atoms with Crippen molar-refractivity contribution in [3.8, 4) is 0 Å². The molecule has 43 heavy (non-hydrogen) atoms. The van der Waals surface area contributed by atoms with E-state index in [4.69, 9.17) is 0 Å². The van der Waals surface area contributed by atoms with E-state index < -0.39 is 62.6 Å². The van der Waals surface area contributed by atoms with Crippen molar-refractivity contribution < 1.29 is 128 Å². The van der Waals surface area contributed by atoms with Crippen LogP contribution < -0.4 is 88.4 Å². The molecule has 1 aliphatic heterocycles. The lowest BCUT2D eigenvalue weighted by Gasteiger charge is -2.41. The normalized spacial score (nSPS) is 41.1. The van der Waals surface area contributed by atoms with Crippen molar-refractivity contribution in [1.82, 2.24) is 49.2 Å². The van der Waals surface area contributed by atoms with Crippen molar-refractivity contribution in [3.05, 3.63) is 0 Å². The van der Waals surface area contributed by atoms with Gasteiger partial charge in [-0.3, -0.25) is 36.5 Å². The lowest BCUT2D eigenvalue weighted by atomic mass is 14.0. The Labute approximate surface area is 240 Å². The summed E-state index contributed by atoms with van der Waals surface area (Å²) in [7, 11) is -55.7. The Kier molecular flexibility index (Phi) is 40.1. The van der Waals surface area contributed by atoms with Gasteiger partial charge in [-0.2, -0.15) is 0 Å². The fourth-order valence-corrected chi connectivity index (χ4v) is 12.0. The molecule has 1 aliphatic rings. The van der Waals surface area contributed by atoms with E-state index in [9.17, 15) is 75.7 Å². The maximum absolute atomic E-state index is 11.2. The molecule has 37 N–H and O–H groups in total. The van der Waals surface area contributed by atoms with Crippen LogP contribution in [0.15, 0.2) is 0 Å². The minimum Gasteiger partial charge on any atom is -0.756 e. The zero-order valence-corrected chi connectivity index (χ0v) is 29.7. The maximum atomic E-state index is 11.2. The van der Waals surface area contributed by atoms with E-state index in [0.29, 0.717) is 0 Å². The molecule has 0 aliphatic carbocycles. The first-order valence-electron chi connectivity index (χ1n) is 5.84. The summed E-state index contributed by atoms with van der Waals surface area (Å²) in [6, 6.07) is 0. The third-order valence-electron chi connectivity index (χ3n) is 1.60. The molecule has 1 saturated heterocycles. The summed E-state index contributed by atoms with van der Waals surface area (Å²) < 4.78 is 112. The van der Waals surface area contributed by atoms with Crippen molar-refractivity contribution in [2.45, 2.75) is 0 Å². The molecule has 35 nitrogen and oxygen atoms in total. The Morgan fingerprint density at radius 3 is 0.372 bits per heavy atom. The van der Waals surface area contributed by atoms with Crippen molar-refractivity contribution in [1.29, 1.82) is 0 Å². The van der Waals surface area contributed by atoms with Crippen LogP contribution >= 0.6 is 62.6 Å². The van der Waals surface area contributed by atoms with Crippen molar-refractivity contribution >= 4 is 62.6 Å². The van der Waals surface area contributed by atoms with E-state index >= 15 is 0 Å². The highest BCUT2D eigenvalue weighted by Gasteiger charge is 2.36. The van der Waals surface area contributed by atoms with Crippen LogP contribution in [0.1, 0.15) is 1.43 Å². The van der Waals surface area contributed by atoms with Gasteiger partial charge in [-0.25, -0.2) is 34.5 Å². The number of hydrogen-bond donors (Lipinski definition) is 8. The molecule has 0 bridgehead atoms. The van der Waals surface area contributed by atoms with Crippen LogP contribution in [0.4, 0.5) is 0 Å². The van der Waals surface area contributed by atoms with E-state index in [0.717, 1.165) is 0 Å². The summed E-state index contributed by atoms with van der Waals surface area (Å²) in [6.07, 6.45) is 0. The monoisotopic (exact) mass is 830 g/mol. The molecular formula is H38N8O27P8. The molecule has 1 heterocycles. The lowest BCUT2D eigenvalue weighted by Crippen LogP contribution is -2.21. The molecule has 0 spiro atoms. The van der Waals surface area contributed by atoms with Crippen LogP contribution in [0.2, 0.25) is 0 Å². The molecule has 0 amide bonds. The summed E-state index contributed by atoms with van der Waals surface area (Å²) in [5, 5.41) is 0. The average Bonchev–Trinajstić information content (AvgIpc) is 2.21. The Bertz CT molecular complexity index is 841. The summed E-state index contributed by atoms with van der Waals surface area (Å²) in [6.45, 7) is 0. The van der Waals surface area contributed by atoms with Crippen molar-refractivity contribution in [2.75, 3.05) is 0 Å². The number of phosphoric acid groups is 8. The minimum atomic E-state index is -6.96. The topological polar surface area (TPSA) is 780 Å². The van der Waals surface area contributed by atoms with Gasteiger partial charge in [0.15, 0.2) is 0 Å². The fourth-order valence-electron chi connectivity index (χ4n) is 1.10. The van der Waals surface area contributed by atoms with Crippen LogP contribution in [0.25, 0.3) is 0 Å². The van der Waals surface area contributed by atoms with Gasteiger partial charge >= 0.3 is 1.43 Å². The molecule has 0 aromatic carbocycles. The molecule has 0 aromatic heterocycles. The van der Waals surface area contributed by atoms with Crippen LogP contribution in [0.5, 0.6) is 0 Å². The highest BCUT2D eigenvalue weighted by Crippen LogP contribution is 2.75. The molecular weight excluding hydrogens is 792 g/mol. The smallest absolute Gasteiger partial charge is 0.756 e. The molecule has 0 saturated carbocycles. The fraction of sp³-hybridized carbons (Fsp3) is 0. The number of rotatable bonds is 0. The van der Waals surface area contributed by atoms with Gasteiger partial charge in [-0.1, -0.05) is 0 Å². The summed E-state index contributed by atoms with van der Waals surface area (Å²) in [5.74, 6) is 0. The molecule has 0 aromatic rings. The third-order valence-corrected chi connectivity index (χ3v) is 14.4. The SMILES string of the molecule is N.O.O.O.O=P1([O-])OP(=O)([O-])OP(=O)([O-])OP(=O)([O-])OP(=O)([O-])OP(=O)([O-])OP(=O)([O-])OP(=O)([O-])O1.[H+].[NH4+].[NH4+].[NH4+].[NH4+].[NH4+].[NH4+].[NH4+]. The number of hydrogen-bond acceptors (Lipinski definition) is 25. The van der Waals surface area contributed by atoms with Gasteiger partial charge in [0.05, 0.1) is 0 Å². The van der Waals surface area contributed by atoms with Gasteiger partial charge in [0.1, 0.15) is 0 Å². The Morgan fingerprint density at radius 2 is 0.326 bits per heavy atom. The van der Waals surface area contributed by atoms with Crippen LogP contribution in [-0.4, -0.2) is 16.4 Å². The van der Waals surface area contributed by atoms with Crippen molar-refractivity contribution in [3.63, 3.8) is 0 Å². The van der Waals surface area contributed by atoms with Gasteiger partial charge in [0.2, 0.25) is 0 Å². The predicted octanol–water partition coefficient (Wildman–Crippen LogP) is -3.69. The molecule has 43 heteroatoms. The second-order valence-electron chi connectivity index (χ2n) is 4.23. The van der Waals surface area contributed by atoms with Gasteiger partial charge in [-0.05, 0) is 0 Å². The Morgan fingerprint density at radius 1 is 0.279 bits per heavy atom. The summed E-state index contributed by atoms with van der Waals surface area (Å²) in [5.41, 5.74) is 0. The first-order chi connectivity index (χ1) is 13.7. The van der Waals surface area contributed by atoms with Gasteiger partial charge in [-0.15, -0.1) is 0 Å². The third kappa shape index (κ3) is 29.9. The first kappa shape index (κ1) is 74.6. The van der Waals surface area contributed by atoms with Crippen LogP contribution in [-0.2, 0) is 71.0 Å². The average molecular weight is 830 g/mol. The highest BCUT2D eigenvalue weighted by molar-refractivity contribution is 7.74. The molecule has 280 valence electrons. The number of quaternary nitrogens is 7. The standard InChI is InChI=1S/8H3N.H8O24P8.3H2O/c;;;;;;;;1-25(2)17-26(3,4)19-28(7,8)21-30(11,12)23-32(15,16)24-31(13,14)22-29(9,10)20-27(5,6)18-25;;;/h8*1H3;(H,1,2)(H,3,4)(H,5,6)(H,7,8)(H,9,10)(H,11,12)(H,13,14)(H,15,16);3*1H2. The van der Waals surface area contributed by atoms with E-state index in [-0.39, 0.29) is 67.1 Å².